The van der Waals surface area contributed by atoms with Gasteiger partial charge in [0.1, 0.15) is 24.2 Å². The van der Waals surface area contributed by atoms with Crippen LogP contribution in [0.4, 0.5) is 0 Å². The standard InChI is InChI=1S/C29H48N6O6/c1-17(2)15-22(33-25(36)21(31)13-9-10-14-30)27(38)35-24(18(3)4)28(39)34-23(16-20-11-7-6-8-12-20)26(37)32-19(5)29(40)41/h6-8,11-12,17-19,21-24H,9-10,13-16,30-31H2,1-5H3,(H,32,37)(H,33,36)(H,34,39)(H,35,38)(H,40,41)/t19-,21-,22-,23-,24-/m0/s1. The Kier molecular flexibility index (Phi) is 15.6. The molecular formula is C29H48N6O6. The maximum absolute atomic E-state index is 13.4. The van der Waals surface area contributed by atoms with Gasteiger partial charge in [-0.05, 0) is 50.1 Å². The number of rotatable bonds is 18. The monoisotopic (exact) mass is 576 g/mol. The van der Waals surface area contributed by atoms with Crippen LogP contribution >= 0.6 is 0 Å². The number of nitrogens with one attached hydrogen (secondary N) is 4. The minimum Gasteiger partial charge on any atom is -0.480 e. The largest absolute Gasteiger partial charge is 0.480 e. The molecular weight excluding hydrogens is 528 g/mol. The van der Waals surface area contributed by atoms with Crippen LogP contribution in [0.3, 0.4) is 0 Å². The third kappa shape index (κ3) is 13.1. The van der Waals surface area contributed by atoms with Gasteiger partial charge in [-0.25, -0.2) is 0 Å². The highest BCUT2D eigenvalue weighted by Gasteiger charge is 2.33. The van der Waals surface area contributed by atoms with Crippen molar-refractivity contribution in [2.45, 2.75) is 96.9 Å². The van der Waals surface area contributed by atoms with Crippen molar-refractivity contribution in [2.75, 3.05) is 6.54 Å². The lowest BCUT2D eigenvalue weighted by Crippen LogP contribution is -2.60. The number of benzene rings is 1. The van der Waals surface area contributed by atoms with E-state index in [1.165, 1.54) is 6.92 Å². The summed E-state index contributed by atoms with van der Waals surface area (Å²) in [5.74, 6) is -3.81. The maximum Gasteiger partial charge on any atom is 0.325 e. The van der Waals surface area contributed by atoms with Crippen molar-refractivity contribution in [2.24, 2.45) is 23.3 Å². The van der Waals surface area contributed by atoms with Crippen LogP contribution in [0, 0.1) is 11.8 Å². The Hall–Kier alpha value is -3.51. The summed E-state index contributed by atoms with van der Waals surface area (Å²) in [5.41, 5.74) is 12.3. The van der Waals surface area contributed by atoms with E-state index in [-0.39, 0.29) is 18.3 Å². The molecule has 1 aromatic carbocycles. The van der Waals surface area contributed by atoms with Crippen LogP contribution in [0.1, 0.15) is 65.9 Å². The van der Waals surface area contributed by atoms with Gasteiger partial charge in [-0.2, -0.15) is 0 Å². The molecule has 0 saturated carbocycles. The van der Waals surface area contributed by atoms with E-state index in [1.807, 2.05) is 19.9 Å². The number of hydrogen-bond acceptors (Lipinski definition) is 7. The van der Waals surface area contributed by atoms with Crippen LogP contribution in [0.15, 0.2) is 30.3 Å². The fourth-order valence-corrected chi connectivity index (χ4v) is 4.11. The van der Waals surface area contributed by atoms with Gasteiger partial charge >= 0.3 is 5.97 Å². The first kappa shape index (κ1) is 35.5. The Morgan fingerprint density at radius 1 is 0.780 bits per heavy atom. The molecule has 0 aromatic heterocycles. The molecule has 0 radical (unpaired) electrons. The molecule has 41 heavy (non-hydrogen) atoms. The second kappa shape index (κ2) is 18.0. The van der Waals surface area contributed by atoms with Gasteiger partial charge in [-0.3, -0.25) is 24.0 Å². The van der Waals surface area contributed by atoms with Crippen molar-refractivity contribution < 1.29 is 29.1 Å². The van der Waals surface area contributed by atoms with Crippen molar-refractivity contribution >= 4 is 29.6 Å². The highest BCUT2D eigenvalue weighted by Crippen LogP contribution is 2.11. The predicted octanol–water partition coefficient (Wildman–Crippen LogP) is 0.431. The van der Waals surface area contributed by atoms with E-state index in [1.54, 1.807) is 38.1 Å². The number of carbonyl (C=O) groups is 5. The van der Waals surface area contributed by atoms with Crippen LogP contribution < -0.4 is 32.7 Å². The number of carbonyl (C=O) groups excluding carboxylic acids is 4. The van der Waals surface area contributed by atoms with Crippen LogP contribution in [-0.2, 0) is 30.4 Å². The molecule has 12 nitrogen and oxygen atoms in total. The van der Waals surface area contributed by atoms with E-state index in [4.69, 9.17) is 11.5 Å². The van der Waals surface area contributed by atoms with Gasteiger partial charge in [0.2, 0.25) is 23.6 Å². The zero-order chi connectivity index (χ0) is 31.1. The van der Waals surface area contributed by atoms with Gasteiger partial charge in [0.25, 0.3) is 0 Å². The normalized spacial score (nSPS) is 14.9. The summed E-state index contributed by atoms with van der Waals surface area (Å²) in [6, 6.07) is 3.96. The lowest BCUT2D eigenvalue weighted by molar-refractivity contribution is -0.141. The first-order chi connectivity index (χ1) is 19.3. The number of hydrogen-bond donors (Lipinski definition) is 7. The summed E-state index contributed by atoms with van der Waals surface area (Å²) in [6.07, 6.45) is 2.29. The van der Waals surface area contributed by atoms with Crippen molar-refractivity contribution in [3.8, 4) is 0 Å². The smallest absolute Gasteiger partial charge is 0.325 e. The number of unbranched alkanes of at least 4 members (excludes halogenated alkanes) is 1. The molecule has 9 N–H and O–H groups in total. The van der Waals surface area contributed by atoms with Gasteiger partial charge in [0.05, 0.1) is 6.04 Å². The zero-order valence-corrected chi connectivity index (χ0v) is 24.8. The number of amides is 4. The summed E-state index contributed by atoms with van der Waals surface area (Å²) >= 11 is 0. The van der Waals surface area contributed by atoms with E-state index < -0.39 is 59.8 Å². The number of carboxylic acids is 1. The fourth-order valence-electron chi connectivity index (χ4n) is 4.11. The lowest BCUT2D eigenvalue weighted by atomic mass is 9.98. The molecule has 0 fully saturated rings. The van der Waals surface area contributed by atoms with Crippen LogP contribution in [0.25, 0.3) is 0 Å². The molecule has 0 aliphatic heterocycles. The number of aliphatic carboxylic acids is 1. The highest BCUT2D eigenvalue weighted by atomic mass is 16.4. The molecule has 0 unspecified atom stereocenters. The van der Waals surface area contributed by atoms with Crippen molar-refractivity contribution in [3.63, 3.8) is 0 Å². The molecule has 0 heterocycles. The van der Waals surface area contributed by atoms with Gasteiger partial charge in [0.15, 0.2) is 0 Å². The third-order valence-corrected chi connectivity index (χ3v) is 6.54. The Balaban J connectivity index is 3.07. The van der Waals surface area contributed by atoms with Gasteiger partial charge < -0.3 is 37.8 Å². The second-order valence-corrected chi connectivity index (χ2v) is 11.1. The molecule has 0 saturated heterocycles. The number of carboxylic acid groups (broad SMARTS) is 1. The molecule has 5 atom stereocenters. The van der Waals surface area contributed by atoms with E-state index >= 15 is 0 Å². The molecule has 1 aromatic rings. The topological polar surface area (TPSA) is 206 Å². The minimum absolute atomic E-state index is 0.0565. The maximum atomic E-state index is 13.4. The van der Waals surface area contributed by atoms with Crippen molar-refractivity contribution in [1.82, 2.24) is 21.3 Å². The average Bonchev–Trinajstić information content (AvgIpc) is 2.90. The highest BCUT2D eigenvalue weighted by molar-refractivity contribution is 5.95. The molecule has 230 valence electrons. The quantitative estimate of drug-likeness (QED) is 0.122. The van der Waals surface area contributed by atoms with Crippen LogP contribution in [0.5, 0.6) is 0 Å². The second-order valence-electron chi connectivity index (χ2n) is 11.1. The van der Waals surface area contributed by atoms with E-state index in [0.29, 0.717) is 25.8 Å². The average molecular weight is 577 g/mol. The third-order valence-electron chi connectivity index (χ3n) is 6.54. The van der Waals surface area contributed by atoms with E-state index in [0.717, 1.165) is 12.0 Å². The summed E-state index contributed by atoms with van der Waals surface area (Å²) in [5, 5.41) is 19.8. The number of nitrogens with two attached hydrogens (primary N) is 2. The van der Waals surface area contributed by atoms with E-state index in [2.05, 4.69) is 21.3 Å². The molecule has 0 bridgehead atoms. The Morgan fingerprint density at radius 2 is 1.37 bits per heavy atom. The molecule has 1 rings (SSSR count). The Bertz CT molecular complexity index is 1000. The first-order valence-electron chi connectivity index (χ1n) is 14.2. The summed E-state index contributed by atoms with van der Waals surface area (Å²) in [6.45, 7) is 9.12. The molecule has 12 heteroatoms. The first-order valence-corrected chi connectivity index (χ1v) is 14.2. The van der Waals surface area contributed by atoms with Gasteiger partial charge in [-0.15, -0.1) is 0 Å². The predicted molar refractivity (Wildman–Crippen MR) is 156 cm³/mol. The summed E-state index contributed by atoms with van der Waals surface area (Å²) < 4.78 is 0. The van der Waals surface area contributed by atoms with E-state index in [9.17, 15) is 29.1 Å². The Morgan fingerprint density at radius 3 is 1.90 bits per heavy atom. The fraction of sp³-hybridized carbons (Fsp3) is 0.621. The summed E-state index contributed by atoms with van der Waals surface area (Å²) in [4.78, 5) is 63.7. The van der Waals surface area contributed by atoms with Crippen molar-refractivity contribution in [3.05, 3.63) is 35.9 Å². The Labute approximate surface area is 242 Å². The molecule has 4 amide bonds. The zero-order valence-electron chi connectivity index (χ0n) is 24.8. The molecule has 0 spiro atoms. The minimum atomic E-state index is -1.22. The van der Waals surface area contributed by atoms with Crippen LogP contribution in [0.2, 0.25) is 0 Å². The van der Waals surface area contributed by atoms with Gasteiger partial charge in [0, 0.05) is 6.42 Å². The van der Waals surface area contributed by atoms with Crippen molar-refractivity contribution in [1.29, 1.82) is 0 Å². The molecule has 0 aliphatic carbocycles. The summed E-state index contributed by atoms with van der Waals surface area (Å²) in [7, 11) is 0. The lowest BCUT2D eigenvalue weighted by Gasteiger charge is -2.28. The van der Waals surface area contributed by atoms with Gasteiger partial charge in [-0.1, -0.05) is 64.4 Å². The SMILES string of the molecule is CC(C)C[C@H](NC(=O)[C@@H](N)CCCCN)C(=O)N[C@H](C(=O)N[C@@H](Cc1ccccc1)C(=O)N[C@@H](C)C(=O)O)C(C)C. The molecule has 0 aliphatic rings. The van der Waals surface area contributed by atoms with Crippen LogP contribution in [-0.4, -0.2) is 71.5 Å².